The first-order valence-electron chi connectivity index (χ1n) is 7.99. The molecule has 4 heterocycles. The van der Waals surface area contributed by atoms with E-state index in [0.29, 0.717) is 5.88 Å². The van der Waals surface area contributed by atoms with Crippen LogP contribution in [0, 0.1) is 0 Å². The minimum absolute atomic E-state index is 0.0622. The Morgan fingerprint density at radius 1 is 1.22 bits per heavy atom. The van der Waals surface area contributed by atoms with Gasteiger partial charge in [-0.25, -0.2) is 4.98 Å². The maximum absolute atomic E-state index is 6.06. The van der Waals surface area contributed by atoms with E-state index in [-0.39, 0.29) is 11.7 Å². The molecule has 0 radical (unpaired) electrons. The number of nitrogens with zero attached hydrogens (tertiary/aromatic N) is 4. The molecule has 2 saturated heterocycles. The van der Waals surface area contributed by atoms with Gasteiger partial charge in [-0.3, -0.25) is 14.9 Å². The SMILES string of the molecule is c1cncc(CN2CC3(CC(Oc4cnccn4)CCO3)C2)c1. The topological polar surface area (TPSA) is 60.4 Å². The van der Waals surface area contributed by atoms with Crippen LogP contribution in [0.15, 0.2) is 43.1 Å². The van der Waals surface area contributed by atoms with E-state index in [1.54, 1.807) is 24.8 Å². The van der Waals surface area contributed by atoms with Crippen LogP contribution in [0.5, 0.6) is 5.88 Å². The van der Waals surface area contributed by atoms with Crippen molar-refractivity contribution in [3.05, 3.63) is 48.7 Å². The lowest BCUT2D eigenvalue weighted by Gasteiger charge is -2.53. The lowest BCUT2D eigenvalue weighted by molar-refractivity contribution is -0.188. The molecule has 6 heteroatoms. The molecule has 2 fully saturated rings. The number of hydrogen-bond donors (Lipinski definition) is 0. The molecule has 2 aromatic heterocycles. The van der Waals surface area contributed by atoms with Crippen LogP contribution in [0.4, 0.5) is 0 Å². The zero-order valence-electron chi connectivity index (χ0n) is 13.0. The molecule has 120 valence electrons. The molecule has 1 spiro atoms. The Balaban J connectivity index is 1.32. The number of pyridine rings is 1. The molecule has 2 aliphatic heterocycles. The molecule has 0 bridgehead atoms. The molecular weight excluding hydrogens is 292 g/mol. The number of ether oxygens (including phenoxy) is 2. The Kier molecular flexibility index (Phi) is 3.93. The van der Waals surface area contributed by atoms with Crippen molar-refractivity contribution in [2.75, 3.05) is 19.7 Å². The Morgan fingerprint density at radius 2 is 2.13 bits per heavy atom. The zero-order chi connectivity index (χ0) is 15.5. The highest BCUT2D eigenvalue weighted by Gasteiger charge is 2.48. The molecule has 1 atom stereocenters. The maximum Gasteiger partial charge on any atom is 0.232 e. The van der Waals surface area contributed by atoms with Crippen LogP contribution in [0.25, 0.3) is 0 Å². The standard InChI is InChI=1S/C17H20N4O2/c1-2-14(9-18-4-1)11-21-12-17(13-21)8-15(3-7-22-17)23-16-10-19-5-6-20-16/h1-2,4-6,9-10,15H,3,7-8,11-13H2. The fourth-order valence-corrected chi connectivity index (χ4v) is 3.45. The number of likely N-dealkylation sites (tertiary alicyclic amines) is 1. The highest BCUT2D eigenvalue weighted by Crippen LogP contribution is 2.36. The molecule has 0 aromatic carbocycles. The molecule has 23 heavy (non-hydrogen) atoms. The Bertz CT molecular complexity index is 632. The highest BCUT2D eigenvalue weighted by molar-refractivity contribution is 5.11. The van der Waals surface area contributed by atoms with Gasteiger partial charge >= 0.3 is 0 Å². The molecule has 0 amide bonds. The van der Waals surface area contributed by atoms with E-state index in [9.17, 15) is 0 Å². The Morgan fingerprint density at radius 3 is 2.91 bits per heavy atom. The smallest absolute Gasteiger partial charge is 0.232 e. The van der Waals surface area contributed by atoms with Gasteiger partial charge in [0.1, 0.15) is 6.10 Å². The summed E-state index contributed by atoms with van der Waals surface area (Å²) in [6.07, 6.45) is 10.7. The van der Waals surface area contributed by atoms with Crippen LogP contribution < -0.4 is 4.74 Å². The molecule has 1 unspecified atom stereocenters. The summed E-state index contributed by atoms with van der Waals surface area (Å²) in [5, 5.41) is 0. The van der Waals surface area contributed by atoms with Crippen LogP contribution in [0.3, 0.4) is 0 Å². The van der Waals surface area contributed by atoms with Gasteiger partial charge in [-0.2, -0.15) is 0 Å². The Hall–Kier alpha value is -2.05. The first kappa shape index (κ1) is 14.5. The average Bonchev–Trinajstić information content (AvgIpc) is 2.56. The maximum atomic E-state index is 6.06. The van der Waals surface area contributed by atoms with Crippen molar-refractivity contribution >= 4 is 0 Å². The van der Waals surface area contributed by atoms with Gasteiger partial charge in [0.2, 0.25) is 5.88 Å². The predicted molar refractivity (Wildman–Crippen MR) is 83.9 cm³/mol. The lowest BCUT2D eigenvalue weighted by atomic mass is 9.84. The van der Waals surface area contributed by atoms with Crippen molar-refractivity contribution in [3.8, 4) is 5.88 Å². The van der Waals surface area contributed by atoms with Crippen molar-refractivity contribution in [1.29, 1.82) is 0 Å². The minimum Gasteiger partial charge on any atom is -0.473 e. The monoisotopic (exact) mass is 312 g/mol. The summed E-state index contributed by atoms with van der Waals surface area (Å²) in [5.41, 5.74) is 1.18. The molecule has 4 rings (SSSR count). The molecule has 2 aliphatic rings. The van der Waals surface area contributed by atoms with Gasteiger partial charge in [-0.05, 0) is 11.6 Å². The van der Waals surface area contributed by atoms with E-state index in [1.165, 1.54) is 5.56 Å². The summed E-state index contributed by atoms with van der Waals surface area (Å²) in [6.45, 7) is 3.56. The van der Waals surface area contributed by atoms with Gasteiger partial charge in [0.15, 0.2) is 0 Å². The van der Waals surface area contributed by atoms with Crippen molar-refractivity contribution in [1.82, 2.24) is 19.9 Å². The third-order valence-electron chi connectivity index (χ3n) is 4.43. The number of aromatic nitrogens is 3. The van der Waals surface area contributed by atoms with Crippen molar-refractivity contribution in [2.45, 2.75) is 31.1 Å². The van der Waals surface area contributed by atoms with E-state index >= 15 is 0 Å². The summed E-state index contributed by atoms with van der Waals surface area (Å²) in [7, 11) is 0. The second-order valence-electron chi connectivity index (χ2n) is 6.31. The van der Waals surface area contributed by atoms with E-state index in [0.717, 1.165) is 39.1 Å². The summed E-state index contributed by atoms with van der Waals surface area (Å²) in [6, 6.07) is 4.09. The largest absolute Gasteiger partial charge is 0.473 e. The molecule has 0 saturated carbocycles. The van der Waals surface area contributed by atoms with Crippen LogP contribution in [-0.2, 0) is 11.3 Å². The fourth-order valence-electron chi connectivity index (χ4n) is 3.45. The molecule has 2 aromatic rings. The van der Waals surface area contributed by atoms with E-state index in [1.807, 2.05) is 12.3 Å². The first-order chi connectivity index (χ1) is 11.3. The second-order valence-corrected chi connectivity index (χ2v) is 6.31. The van der Waals surface area contributed by atoms with Crippen molar-refractivity contribution in [3.63, 3.8) is 0 Å². The Labute approximate surface area is 135 Å². The highest BCUT2D eigenvalue weighted by atomic mass is 16.5. The van der Waals surface area contributed by atoms with E-state index < -0.39 is 0 Å². The number of hydrogen-bond acceptors (Lipinski definition) is 6. The van der Waals surface area contributed by atoms with Crippen molar-refractivity contribution in [2.24, 2.45) is 0 Å². The van der Waals surface area contributed by atoms with Gasteiger partial charge in [0.05, 0.1) is 18.4 Å². The second kappa shape index (κ2) is 6.22. The third-order valence-corrected chi connectivity index (χ3v) is 4.43. The minimum atomic E-state index is -0.0622. The van der Waals surface area contributed by atoms with Gasteiger partial charge in [0.25, 0.3) is 0 Å². The summed E-state index contributed by atoms with van der Waals surface area (Å²) < 4.78 is 12.0. The third kappa shape index (κ3) is 3.33. The fraction of sp³-hybridized carbons (Fsp3) is 0.471. The lowest BCUT2D eigenvalue weighted by Crippen LogP contribution is -2.65. The van der Waals surface area contributed by atoms with E-state index in [4.69, 9.17) is 9.47 Å². The van der Waals surface area contributed by atoms with Crippen LogP contribution >= 0.6 is 0 Å². The molecule has 0 N–H and O–H groups in total. The van der Waals surface area contributed by atoms with Gasteiger partial charge < -0.3 is 9.47 Å². The van der Waals surface area contributed by atoms with Crippen molar-refractivity contribution < 1.29 is 9.47 Å². The van der Waals surface area contributed by atoms with Crippen LogP contribution in [0.1, 0.15) is 18.4 Å². The summed E-state index contributed by atoms with van der Waals surface area (Å²) in [4.78, 5) is 14.8. The molecule has 6 nitrogen and oxygen atoms in total. The summed E-state index contributed by atoms with van der Waals surface area (Å²) >= 11 is 0. The van der Waals surface area contributed by atoms with E-state index in [2.05, 4.69) is 25.9 Å². The quantitative estimate of drug-likeness (QED) is 0.856. The van der Waals surface area contributed by atoms with Gasteiger partial charge in [-0.1, -0.05) is 6.07 Å². The van der Waals surface area contributed by atoms with Crippen LogP contribution in [0.2, 0.25) is 0 Å². The zero-order valence-corrected chi connectivity index (χ0v) is 13.0. The first-order valence-corrected chi connectivity index (χ1v) is 7.99. The summed E-state index contributed by atoms with van der Waals surface area (Å²) in [5.74, 6) is 0.598. The van der Waals surface area contributed by atoms with Gasteiger partial charge in [-0.15, -0.1) is 0 Å². The van der Waals surface area contributed by atoms with Crippen LogP contribution in [-0.4, -0.2) is 51.3 Å². The molecule has 0 aliphatic carbocycles. The normalized spacial score (nSPS) is 23.4. The predicted octanol–water partition coefficient (Wildman–Crippen LogP) is 1.68. The average molecular weight is 312 g/mol. The molecular formula is C17H20N4O2. The number of rotatable bonds is 4. The van der Waals surface area contributed by atoms with Gasteiger partial charge in [0, 0.05) is 57.3 Å².